The number of ether oxygens (including phenoxy) is 1. The van der Waals surface area contributed by atoms with Gasteiger partial charge in [0.25, 0.3) is 5.91 Å². The molecule has 0 radical (unpaired) electrons. The number of hydrogen-bond acceptors (Lipinski definition) is 3. The van der Waals surface area contributed by atoms with Gasteiger partial charge in [0.15, 0.2) is 0 Å². The molecule has 2 amide bonds. The molecule has 2 aromatic rings. The number of benzene rings is 2. The van der Waals surface area contributed by atoms with Crippen molar-refractivity contribution in [3.63, 3.8) is 0 Å². The fourth-order valence-corrected chi connectivity index (χ4v) is 6.03. The van der Waals surface area contributed by atoms with E-state index in [0.29, 0.717) is 6.04 Å². The summed E-state index contributed by atoms with van der Waals surface area (Å²) in [6, 6.07) is 11.9. The second kappa shape index (κ2) is 6.84. The Morgan fingerprint density at radius 1 is 1.23 bits per heavy atom. The number of quaternary nitrogens is 1. The summed E-state index contributed by atoms with van der Waals surface area (Å²) in [5, 5.41) is 6.21. The van der Waals surface area contributed by atoms with Gasteiger partial charge in [-0.3, -0.25) is 9.59 Å². The molecule has 156 valence electrons. The number of anilines is 2. The minimum absolute atomic E-state index is 0.0273. The first-order valence-electron chi connectivity index (χ1n) is 10.7. The molecule has 0 aliphatic carbocycles. The number of fused-ring (bicyclic) bond motifs is 4. The van der Waals surface area contributed by atoms with Crippen molar-refractivity contribution in [2.45, 2.75) is 44.7 Å². The molecule has 3 aliphatic rings. The first-order valence-corrected chi connectivity index (χ1v) is 10.7. The summed E-state index contributed by atoms with van der Waals surface area (Å²) in [6.45, 7) is 5.02. The zero-order chi connectivity index (χ0) is 21.0. The van der Waals surface area contributed by atoms with Crippen molar-refractivity contribution in [1.29, 1.82) is 0 Å². The Labute approximate surface area is 176 Å². The van der Waals surface area contributed by atoms with Crippen LogP contribution >= 0.6 is 0 Å². The first kappa shape index (κ1) is 19.1. The van der Waals surface area contributed by atoms with E-state index in [-0.39, 0.29) is 11.8 Å². The molecule has 2 fully saturated rings. The van der Waals surface area contributed by atoms with Gasteiger partial charge in [0, 0.05) is 30.5 Å². The number of amides is 2. The Morgan fingerprint density at radius 2 is 2.00 bits per heavy atom. The molecule has 2 aromatic carbocycles. The van der Waals surface area contributed by atoms with Crippen LogP contribution in [0.1, 0.15) is 36.0 Å². The number of carbonyl (C=O) groups is 2. The highest BCUT2D eigenvalue weighted by atomic mass is 16.5. The summed E-state index contributed by atoms with van der Waals surface area (Å²) in [4.78, 5) is 28.4. The summed E-state index contributed by atoms with van der Waals surface area (Å²) in [5.41, 5.74) is 3.96. The van der Waals surface area contributed by atoms with Crippen LogP contribution in [0.3, 0.4) is 0 Å². The van der Waals surface area contributed by atoms with Gasteiger partial charge < -0.3 is 20.3 Å². The predicted octanol–water partition coefficient (Wildman–Crippen LogP) is 2.17. The van der Waals surface area contributed by atoms with Crippen molar-refractivity contribution in [3.8, 4) is 5.75 Å². The van der Waals surface area contributed by atoms with Gasteiger partial charge in [-0.05, 0) is 49.7 Å². The summed E-state index contributed by atoms with van der Waals surface area (Å²) >= 11 is 0. The lowest BCUT2D eigenvalue weighted by molar-refractivity contribution is -0.947. The second-order valence-corrected chi connectivity index (χ2v) is 8.89. The van der Waals surface area contributed by atoms with E-state index >= 15 is 0 Å². The third kappa shape index (κ3) is 2.59. The Hall–Kier alpha value is -2.86. The molecule has 3 N–H and O–H groups in total. The van der Waals surface area contributed by atoms with Gasteiger partial charge in [-0.1, -0.05) is 11.6 Å². The van der Waals surface area contributed by atoms with Crippen LogP contribution in [-0.4, -0.2) is 31.5 Å². The molecule has 3 heterocycles. The number of hydrogen-bond donors (Lipinski definition) is 3. The quantitative estimate of drug-likeness (QED) is 0.732. The van der Waals surface area contributed by atoms with Crippen molar-refractivity contribution in [3.05, 3.63) is 53.1 Å². The van der Waals surface area contributed by atoms with Gasteiger partial charge in [0.05, 0.1) is 25.4 Å². The maximum Gasteiger partial charge on any atom is 0.291 e. The molecule has 0 aromatic heterocycles. The lowest BCUT2D eigenvalue weighted by atomic mass is 9.77. The monoisotopic (exact) mass is 406 g/mol. The van der Waals surface area contributed by atoms with Crippen LogP contribution in [-0.2, 0) is 15.1 Å². The number of rotatable bonds is 3. The van der Waals surface area contributed by atoms with Crippen molar-refractivity contribution in [1.82, 2.24) is 0 Å². The highest BCUT2D eigenvalue weighted by Gasteiger charge is 2.69. The van der Waals surface area contributed by atoms with E-state index in [9.17, 15) is 9.59 Å². The number of carbonyl (C=O) groups excluding carboxylic acids is 2. The maximum absolute atomic E-state index is 13.6. The first-order chi connectivity index (χ1) is 14.4. The van der Waals surface area contributed by atoms with Gasteiger partial charge in [-0.2, -0.15) is 0 Å². The normalized spacial score (nSPS) is 28.9. The largest absolute Gasteiger partial charge is 0.497 e. The predicted molar refractivity (Wildman–Crippen MR) is 115 cm³/mol. The van der Waals surface area contributed by atoms with Crippen LogP contribution in [0.2, 0.25) is 0 Å². The van der Waals surface area contributed by atoms with E-state index in [1.807, 2.05) is 31.2 Å². The van der Waals surface area contributed by atoms with Crippen molar-refractivity contribution < 1.29 is 19.2 Å². The minimum Gasteiger partial charge on any atom is -0.497 e. The minimum atomic E-state index is -0.843. The van der Waals surface area contributed by atoms with E-state index in [1.165, 1.54) is 4.90 Å². The number of aryl methyl sites for hydroxylation is 2. The molecule has 5 rings (SSSR count). The molecule has 3 aliphatic heterocycles. The van der Waals surface area contributed by atoms with Crippen molar-refractivity contribution in [2.75, 3.05) is 24.3 Å². The highest BCUT2D eigenvalue weighted by molar-refractivity contribution is 6.10. The van der Waals surface area contributed by atoms with E-state index in [4.69, 9.17) is 4.74 Å². The van der Waals surface area contributed by atoms with Crippen LogP contribution in [0, 0.1) is 19.8 Å². The van der Waals surface area contributed by atoms with Crippen molar-refractivity contribution in [2.24, 2.45) is 5.92 Å². The van der Waals surface area contributed by atoms with Gasteiger partial charge >= 0.3 is 0 Å². The standard InChI is InChI=1S/C24H27N3O3/c1-14-11-15(2)21-19(12-14)24(23(29)26-21)20(13-17-5-4-10-27(17)24)22(28)25-16-6-8-18(30-3)9-7-16/h6-9,11-12,17,20H,4-5,10,13H2,1-3H3,(H,25,28)(H,26,29)/p+1/t17-,20+,24-/m0/s1. The van der Waals surface area contributed by atoms with E-state index in [0.717, 1.165) is 59.6 Å². The van der Waals surface area contributed by atoms with E-state index < -0.39 is 11.5 Å². The van der Waals surface area contributed by atoms with Crippen molar-refractivity contribution >= 4 is 23.2 Å². The molecule has 0 saturated carbocycles. The zero-order valence-electron chi connectivity index (χ0n) is 17.7. The van der Waals surface area contributed by atoms with Crippen LogP contribution in [0.15, 0.2) is 36.4 Å². The molecular weight excluding hydrogens is 378 g/mol. The van der Waals surface area contributed by atoms with Gasteiger partial charge in [-0.15, -0.1) is 0 Å². The topological polar surface area (TPSA) is 71.9 Å². The smallest absolute Gasteiger partial charge is 0.291 e. The van der Waals surface area contributed by atoms with E-state index in [2.05, 4.69) is 29.7 Å². The summed E-state index contributed by atoms with van der Waals surface area (Å²) in [5.74, 6) is 0.234. The lowest BCUT2D eigenvalue weighted by Gasteiger charge is -2.33. The molecule has 2 saturated heterocycles. The average Bonchev–Trinajstić information content (AvgIpc) is 3.38. The highest BCUT2D eigenvalue weighted by Crippen LogP contribution is 2.47. The third-order valence-corrected chi connectivity index (χ3v) is 7.22. The van der Waals surface area contributed by atoms with Gasteiger partial charge in [0.1, 0.15) is 11.7 Å². The third-order valence-electron chi connectivity index (χ3n) is 7.22. The molecule has 30 heavy (non-hydrogen) atoms. The van der Waals surface area contributed by atoms with Gasteiger partial charge in [0.2, 0.25) is 11.4 Å². The van der Waals surface area contributed by atoms with Crippen LogP contribution in [0.5, 0.6) is 5.75 Å². The molecular formula is C24H28N3O3+. The SMILES string of the molecule is COc1ccc(NC(=O)[C@H]2C[C@@H]3CCC[NH+]3[C@]23C(=O)Nc2c(C)cc(C)cc23)cc1. The molecule has 6 heteroatoms. The lowest BCUT2D eigenvalue weighted by Crippen LogP contribution is -3.19. The van der Waals surface area contributed by atoms with Crippen LogP contribution in [0.4, 0.5) is 11.4 Å². The van der Waals surface area contributed by atoms with Crippen LogP contribution in [0.25, 0.3) is 0 Å². The van der Waals surface area contributed by atoms with E-state index in [1.54, 1.807) is 7.11 Å². The summed E-state index contributed by atoms with van der Waals surface area (Å²) in [6.07, 6.45) is 2.90. The Kier molecular flexibility index (Phi) is 4.36. The number of nitrogens with one attached hydrogen (secondary N) is 3. The molecule has 4 atom stereocenters. The second-order valence-electron chi connectivity index (χ2n) is 8.89. The Balaban J connectivity index is 1.57. The maximum atomic E-state index is 13.6. The molecule has 1 unspecified atom stereocenters. The average molecular weight is 407 g/mol. The summed E-state index contributed by atoms with van der Waals surface area (Å²) in [7, 11) is 1.62. The zero-order valence-corrected chi connectivity index (χ0v) is 17.7. The Bertz CT molecular complexity index is 1030. The fraction of sp³-hybridized carbons (Fsp3) is 0.417. The molecule has 6 nitrogen and oxygen atoms in total. The van der Waals surface area contributed by atoms with Crippen LogP contribution < -0.4 is 20.3 Å². The molecule has 1 spiro atoms. The number of methoxy groups -OCH3 is 1. The molecule has 0 bridgehead atoms. The van der Waals surface area contributed by atoms with Gasteiger partial charge in [-0.25, -0.2) is 0 Å². The Morgan fingerprint density at radius 3 is 2.73 bits per heavy atom. The summed E-state index contributed by atoms with van der Waals surface area (Å²) < 4.78 is 5.21. The fourth-order valence-electron chi connectivity index (χ4n) is 6.03.